The summed E-state index contributed by atoms with van der Waals surface area (Å²) in [5, 5.41) is 8.98. The number of benzene rings is 1. The summed E-state index contributed by atoms with van der Waals surface area (Å²) in [6.45, 7) is 1.74. The van der Waals surface area contributed by atoms with E-state index in [4.69, 9.17) is 9.84 Å². The number of sulfone groups is 1. The maximum atomic E-state index is 14.4. The summed E-state index contributed by atoms with van der Waals surface area (Å²) in [5.41, 5.74) is 1.33. The van der Waals surface area contributed by atoms with E-state index in [-0.39, 0.29) is 11.0 Å². The zero-order valence-electron chi connectivity index (χ0n) is 15.9. The molecule has 28 heavy (non-hydrogen) atoms. The van der Waals surface area contributed by atoms with Crippen LogP contribution >= 0.6 is 0 Å². The summed E-state index contributed by atoms with van der Waals surface area (Å²) in [6, 6.07) is 4.06. The van der Waals surface area contributed by atoms with Gasteiger partial charge in [-0.3, -0.25) is 0 Å². The van der Waals surface area contributed by atoms with E-state index in [9.17, 15) is 17.6 Å². The van der Waals surface area contributed by atoms with Crippen molar-refractivity contribution >= 4 is 21.5 Å². The van der Waals surface area contributed by atoms with Crippen LogP contribution in [0, 0.1) is 11.7 Å². The number of amides is 1. The lowest BCUT2D eigenvalue weighted by atomic mass is 9.91. The van der Waals surface area contributed by atoms with E-state index in [0.29, 0.717) is 44.0 Å². The number of likely N-dealkylation sites (tertiary alicyclic amines) is 1. The van der Waals surface area contributed by atoms with Crippen molar-refractivity contribution in [3.8, 4) is 0 Å². The van der Waals surface area contributed by atoms with E-state index in [1.807, 2.05) is 6.08 Å². The number of rotatable bonds is 5. The van der Waals surface area contributed by atoms with E-state index in [1.54, 1.807) is 0 Å². The number of hydrogen-bond donors (Lipinski definition) is 1. The Morgan fingerprint density at radius 2 is 2.00 bits per heavy atom. The van der Waals surface area contributed by atoms with Gasteiger partial charge >= 0.3 is 6.09 Å². The fourth-order valence-electron chi connectivity index (χ4n) is 3.76. The third-order valence-electron chi connectivity index (χ3n) is 5.53. The predicted molar refractivity (Wildman–Crippen MR) is 103 cm³/mol. The van der Waals surface area contributed by atoms with Gasteiger partial charge in [-0.15, -0.1) is 0 Å². The van der Waals surface area contributed by atoms with Gasteiger partial charge < -0.3 is 14.7 Å². The van der Waals surface area contributed by atoms with Crippen LogP contribution in [0.15, 0.2) is 29.2 Å². The van der Waals surface area contributed by atoms with Crippen molar-refractivity contribution in [3.05, 3.63) is 35.7 Å². The van der Waals surface area contributed by atoms with Crippen LogP contribution in [0.3, 0.4) is 0 Å². The number of halogens is 1. The van der Waals surface area contributed by atoms with E-state index in [1.165, 1.54) is 17.0 Å². The number of carboxylic acid groups (broad SMARTS) is 1. The van der Waals surface area contributed by atoms with Gasteiger partial charge in [-0.1, -0.05) is 12.1 Å². The number of ether oxygens (including phenoxy) is 1. The molecule has 1 saturated heterocycles. The molecule has 0 spiro atoms. The fraction of sp³-hybridized carbons (Fsp3) is 0.550. The van der Waals surface area contributed by atoms with E-state index < -0.39 is 21.7 Å². The van der Waals surface area contributed by atoms with Gasteiger partial charge in [0.2, 0.25) is 0 Å². The van der Waals surface area contributed by atoms with Gasteiger partial charge in [0.1, 0.15) is 5.82 Å². The SMILES string of the molecule is CS(=O)(=O)c1ccc(C2=CCC(OCC3CCN(C(=O)O)CC3)CC2)c(F)c1. The Morgan fingerprint density at radius 1 is 1.29 bits per heavy atom. The molecule has 1 unspecified atom stereocenters. The second-order valence-corrected chi connectivity index (χ2v) is 9.60. The van der Waals surface area contributed by atoms with Gasteiger partial charge in [-0.05, 0) is 55.7 Å². The number of hydrogen-bond acceptors (Lipinski definition) is 4. The van der Waals surface area contributed by atoms with Gasteiger partial charge in [0, 0.05) is 31.5 Å². The Balaban J connectivity index is 1.52. The first-order valence-electron chi connectivity index (χ1n) is 9.52. The lowest BCUT2D eigenvalue weighted by Gasteiger charge is -2.31. The Morgan fingerprint density at radius 3 is 2.54 bits per heavy atom. The van der Waals surface area contributed by atoms with Gasteiger partial charge in [0.25, 0.3) is 0 Å². The van der Waals surface area contributed by atoms with Crippen LogP contribution in [0.1, 0.15) is 37.7 Å². The van der Waals surface area contributed by atoms with Crippen molar-refractivity contribution in [3.63, 3.8) is 0 Å². The molecule has 6 nitrogen and oxygen atoms in total. The van der Waals surface area contributed by atoms with Crippen molar-refractivity contribution in [1.82, 2.24) is 4.90 Å². The quantitative estimate of drug-likeness (QED) is 0.801. The molecule has 0 radical (unpaired) electrons. The molecule has 1 aliphatic heterocycles. The van der Waals surface area contributed by atoms with Crippen molar-refractivity contribution in [2.24, 2.45) is 5.92 Å². The minimum absolute atomic E-state index is 0.0136. The monoisotopic (exact) mass is 411 g/mol. The van der Waals surface area contributed by atoms with Gasteiger partial charge in [0.15, 0.2) is 9.84 Å². The van der Waals surface area contributed by atoms with Crippen LogP contribution in [-0.2, 0) is 14.6 Å². The third-order valence-corrected chi connectivity index (χ3v) is 6.64. The van der Waals surface area contributed by atoms with Crippen LogP contribution in [0.25, 0.3) is 5.57 Å². The molecular weight excluding hydrogens is 385 g/mol. The Kier molecular flexibility index (Phi) is 6.40. The topological polar surface area (TPSA) is 83.9 Å². The molecule has 0 saturated carbocycles. The highest BCUT2D eigenvalue weighted by molar-refractivity contribution is 7.90. The summed E-state index contributed by atoms with van der Waals surface area (Å²) in [5.74, 6) is -0.138. The lowest BCUT2D eigenvalue weighted by Crippen LogP contribution is -2.38. The zero-order valence-corrected chi connectivity index (χ0v) is 16.8. The number of piperidine rings is 1. The average molecular weight is 411 g/mol. The van der Waals surface area contributed by atoms with Crippen LogP contribution in [0.5, 0.6) is 0 Å². The smallest absolute Gasteiger partial charge is 0.407 e. The average Bonchev–Trinajstić information content (AvgIpc) is 2.66. The molecule has 1 atom stereocenters. The highest BCUT2D eigenvalue weighted by atomic mass is 32.2. The molecule has 2 aliphatic rings. The summed E-state index contributed by atoms with van der Waals surface area (Å²) >= 11 is 0. The molecule has 8 heteroatoms. The Hall–Kier alpha value is -1.93. The fourth-order valence-corrected chi connectivity index (χ4v) is 4.39. The lowest BCUT2D eigenvalue weighted by molar-refractivity contribution is 0.0101. The molecule has 1 fully saturated rings. The summed E-state index contributed by atoms with van der Waals surface area (Å²) in [4.78, 5) is 12.4. The normalized spacial score (nSPS) is 21.4. The minimum atomic E-state index is -3.42. The Labute approximate surface area is 164 Å². The third kappa shape index (κ3) is 5.11. The predicted octanol–water partition coefficient (Wildman–Crippen LogP) is 3.57. The van der Waals surface area contributed by atoms with Crippen LogP contribution in [-0.4, -0.2) is 56.6 Å². The first-order chi connectivity index (χ1) is 13.2. The first-order valence-corrected chi connectivity index (χ1v) is 11.4. The van der Waals surface area contributed by atoms with Gasteiger partial charge in [-0.25, -0.2) is 17.6 Å². The summed E-state index contributed by atoms with van der Waals surface area (Å²) in [7, 11) is -3.42. The van der Waals surface area contributed by atoms with E-state index in [0.717, 1.165) is 37.2 Å². The van der Waals surface area contributed by atoms with Crippen LogP contribution in [0.4, 0.5) is 9.18 Å². The van der Waals surface area contributed by atoms with Crippen molar-refractivity contribution in [2.45, 2.75) is 43.1 Å². The molecule has 0 bridgehead atoms. The second kappa shape index (κ2) is 8.61. The molecular formula is C20H26FNO5S. The van der Waals surface area contributed by atoms with Gasteiger partial charge in [-0.2, -0.15) is 0 Å². The first kappa shape index (κ1) is 20.8. The van der Waals surface area contributed by atoms with Crippen molar-refractivity contribution < 1.29 is 27.4 Å². The maximum absolute atomic E-state index is 14.4. The molecule has 1 amide bonds. The molecule has 1 heterocycles. The molecule has 154 valence electrons. The van der Waals surface area contributed by atoms with Crippen molar-refractivity contribution in [1.29, 1.82) is 0 Å². The van der Waals surface area contributed by atoms with E-state index in [2.05, 4.69) is 0 Å². The number of carbonyl (C=O) groups is 1. The second-order valence-electron chi connectivity index (χ2n) is 7.59. The largest absolute Gasteiger partial charge is 0.465 e. The van der Waals surface area contributed by atoms with E-state index >= 15 is 0 Å². The molecule has 1 aliphatic carbocycles. The molecule has 1 N–H and O–H groups in total. The highest BCUT2D eigenvalue weighted by Gasteiger charge is 2.24. The molecule has 1 aromatic carbocycles. The number of allylic oxidation sites excluding steroid dienone is 1. The highest BCUT2D eigenvalue weighted by Crippen LogP contribution is 2.31. The molecule has 1 aromatic rings. The Bertz CT molecular complexity index is 859. The zero-order chi connectivity index (χ0) is 20.3. The molecule has 0 aromatic heterocycles. The standard InChI is InChI=1S/C20H26FNO5S/c1-28(25,26)17-6-7-18(19(21)12-17)15-2-4-16(5-3-15)27-13-14-8-10-22(11-9-14)20(23)24/h2,6-7,12,14,16H,3-5,8-11,13H2,1H3,(H,23,24). The number of nitrogens with zero attached hydrogens (tertiary/aromatic N) is 1. The summed E-state index contributed by atoms with van der Waals surface area (Å²) in [6.07, 6.45) is 6.05. The van der Waals surface area contributed by atoms with Gasteiger partial charge in [0.05, 0.1) is 11.0 Å². The summed E-state index contributed by atoms with van der Waals surface area (Å²) < 4.78 is 43.5. The molecule has 3 rings (SSSR count). The van der Waals surface area contributed by atoms with Crippen LogP contribution in [0.2, 0.25) is 0 Å². The van der Waals surface area contributed by atoms with Crippen LogP contribution < -0.4 is 0 Å². The maximum Gasteiger partial charge on any atom is 0.407 e. The minimum Gasteiger partial charge on any atom is -0.465 e. The van der Waals surface area contributed by atoms with Crippen molar-refractivity contribution in [2.75, 3.05) is 26.0 Å².